The summed E-state index contributed by atoms with van der Waals surface area (Å²) in [5, 5.41) is 18.5. The summed E-state index contributed by atoms with van der Waals surface area (Å²) in [6.07, 6.45) is -3.61. The fraction of sp³-hybridized carbons (Fsp3) is 0.133. The van der Waals surface area contributed by atoms with Crippen LogP contribution in [-0.4, -0.2) is 26.0 Å². The SMILES string of the molecule is N=C(c1ccnc2nc(CCl)[nH]c12)N(O)c1ccc(F)c(C(F)(F)F)c1. The second kappa shape index (κ2) is 6.54. The zero-order valence-electron chi connectivity index (χ0n) is 12.8. The summed E-state index contributed by atoms with van der Waals surface area (Å²) >= 11 is 5.69. The van der Waals surface area contributed by atoms with Gasteiger partial charge in [0.25, 0.3) is 0 Å². The van der Waals surface area contributed by atoms with Crippen LogP contribution in [-0.2, 0) is 12.1 Å². The van der Waals surface area contributed by atoms with Crippen molar-refractivity contribution in [3.8, 4) is 0 Å². The number of pyridine rings is 1. The molecule has 26 heavy (non-hydrogen) atoms. The minimum absolute atomic E-state index is 0.0544. The van der Waals surface area contributed by atoms with Gasteiger partial charge in [0.1, 0.15) is 11.6 Å². The summed E-state index contributed by atoms with van der Waals surface area (Å²) in [7, 11) is 0. The van der Waals surface area contributed by atoms with Crippen LogP contribution in [0.2, 0.25) is 0 Å². The van der Waals surface area contributed by atoms with Gasteiger partial charge in [-0.05, 0) is 24.3 Å². The molecule has 0 fully saturated rings. The molecule has 0 aliphatic rings. The number of hydrogen-bond acceptors (Lipinski definition) is 4. The fourth-order valence-corrected chi connectivity index (χ4v) is 2.45. The van der Waals surface area contributed by atoms with Crippen LogP contribution in [0, 0.1) is 11.2 Å². The van der Waals surface area contributed by atoms with Crippen LogP contribution in [0.4, 0.5) is 23.2 Å². The Morgan fingerprint density at radius 2 is 2.04 bits per heavy atom. The molecule has 0 aliphatic heterocycles. The Kier molecular flexibility index (Phi) is 4.55. The number of imidazole rings is 1. The van der Waals surface area contributed by atoms with Crippen molar-refractivity contribution in [2.45, 2.75) is 12.1 Å². The van der Waals surface area contributed by atoms with Gasteiger partial charge in [0.2, 0.25) is 0 Å². The molecule has 2 aromatic heterocycles. The molecule has 136 valence electrons. The zero-order chi connectivity index (χ0) is 19.1. The molecule has 3 aromatic rings. The molecular formula is C15H10ClF4N5O. The topological polar surface area (TPSA) is 88.9 Å². The van der Waals surface area contributed by atoms with E-state index in [-0.39, 0.29) is 27.7 Å². The van der Waals surface area contributed by atoms with Crippen LogP contribution in [0.1, 0.15) is 17.0 Å². The third-order valence-corrected chi connectivity index (χ3v) is 3.79. The average Bonchev–Trinajstić information content (AvgIpc) is 3.03. The van der Waals surface area contributed by atoms with Gasteiger partial charge in [-0.2, -0.15) is 13.2 Å². The van der Waals surface area contributed by atoms with Crippen molar-refractivity contribution in [1.82, 2.24) is 15.0 Å². The number of fused-ring (bicyclic) bond motifs is 1. The van der Waals surface area contributed by atoms with Gasteiger partial charge in [-0.1, -0.05) is 0 Å². The second-order valence-corrected chi connectivity index (χ2v) is 5.46. The maximum Gasteiger partial charge on any atom is 0.419 e. The first-order valence-electron chi connectivity index (χ1n) is 7.06. The molecule has 0 saturated heterocycles. The number of benzene rings is 1. The fourth-order valence-electron chi connectivity index (χ4n) is 2.32. The van der Waals surface area contributed by atoms with Gasteiger partial charge in [-0.3, -0.25) is 10.6 Å². The first kappa shape index (κ1) is 18.1. The van der Waals surface area contributed by atoms with E-state index >= 15 is 0 Å². The van der Waals surface area contributed by atoms with Crippen molar-refractivity contribution in [3.63, 3.8) is 0 Å². The predicted molar refractivity (Wildman–Crippen MR) is 85.9 cm³/mol. The Morgan fingerprint density at radius 1 is 1.31 bits per heavy atom. The predicted octanol–water partition coefficient (Wildman–Crippen LogP) is 4.08. The van der Waals surface area contributed by atoms with Gasteiger partial charge in [-0.25, -0.2) is 19.4 Å². The lowest BCUT2D eigenvalue weighted by Gasteiger charge is -2.19. The number of nitrogens with zero attached hydrogens (tertiary/aromatic N) is 3. The number of alkyl halides is 4. The van der Waals surface area contributed by atoms with Gasteiger partial charge < -0.3 is 4.98 Å². The Hall–Kier alpha value is -2.72. The maximum atomic E-state index is 13.4. The van der Waals surface area contributed by atoms with E-state index in [1.165, 1.54) is 12.3 Å². The lowest BCUT2D eigenvalue weighted by Crippen LogP contribution is -2.28. The summed E-state index contributed by atoms with van der Waals surface area (Å²) in [6.45, 7) is 0. The molecule has 11 heteroatoms. The number of nitrogens with one attached hydrogen (secondary N) is 2. The zero-order valence-corrected chi connectivity index (χ0v) is 13.5. The number of anilines is 1. The standard InChI is InChI=1S/C15H10ClF4N5O/c16-6-11-23-12-8(3-4-22-14(12)24-11)13(21)25(26)7-1-2-10(17)9(5-7)15(18,19)20/h1-5,21,26H,6H2,(H,22,23,24). The van der Waals surface area contributed by atoms with E-state index in [4.69, 9.17) is 17.0 Å². The summed E-state index contributed by atoms with van der Waals surface area (Å²) in [6, 6.07) is 3.28. The van der Waals surface area contributed by atoms with E-state index in [1.807, 2.05) is 0 Å². The number of aromatic nitrogens is 3. The molecule has 0 radical (unpaired) electrons. The second-order valence-electron chi connectivity index (χ2n) is 5.20. The average molecular weight is 388 g/mol. The molecule has 0 aliphatic carbocycles. The Morgan fingerprint density at radius 3 is 2.69 bits per heavy atom. The molecule has 0 unspecified atom stereocenters. The summed E-state index contributed by atoms with van der Waals surface area (Å²) < 4.78 is 51.9. The van der Waals surface area contributed by atoms with Crippen molar-refractivity contribution in [2.75, 3.05) is 5.06 Å². The molecular weight excluding hydrogens is 378 g/mol. The molecule has 2 heterocycles. The molecule has 0 amide bonds. The summed E-state index contributed by atoms with van der Waals surface area (Å²) in [5.74, 6) is -1.60. The quantitative estimate of drug-likeness (QED) is 0.208. The highest BCUT2D eigenvalue weighted by molar-refractivity contribution is 6.17. The van der Waals surface area contributed by atoms with Crippen LogP contribution in [0.15, 0.2) is 30.5 Å². The smallest absolute Gasteiger partial charge is 0.339 e. The molecule has 3 N–H and O–H groups in total. The molecule has 0 atom stereocenters. The van der Waals surface area contributed by atoms with Gasteiger partial charge in [0.15, 0.2) is 11.5 Å². The number of hydrogen-bond donors (Lipinski definition) is 3. The largest absolute Gasteiger partial charge is 0.419 e. The van der Waals surface area contributed by atoms with Crippen molar-refractivity contribution in [3.05, 3.63) is 53.2 Å². The Balaban J connectivity index is 2.02. The van der Waals surface area contributed by atoms with Crippen LogP contribution >= 0.6 is 11.6 Å². The lowest BCUT2D eigenvalue weighted by molar-refractivity contribution is -0.139. The monoisotopic (exact) mass is 387 g/mol. The normalized spacial score (nSPS) is 11.8. The molecule has 0 bridgehead atoms. The van der Waals surface area contributed by atoms with Crippen LogP contribution in [0.25, 0.3) is 11.2 Å². The molecule has 0 saturated carbocycles. The van der Waals surface area contributed by atoms with E-state index in [0.717, 1.165) is 6.07 Å². The van der Waals surface area contributed by atoms with Gasteiger partial charge in [0, 0.05) is 11.8 Å². The first-order chi connectivity index (χ1) is 12.2. The lowest BCUT2D eigenvalue weighted by atomic mass is 10.1. The van der Waals surface area contributed by atoms with Crippen LogP contribution < -0.4 is 5.06 Å². The maximum absolute atomic E-state index is 13.4. The molecule has 1 aromatic carbocycles. The molecule has 3 rings (SSSR count). The highest BCUT2D eigenvalue weighted by Gasteiger charge is 2.35. The number of H-pyrrole nitrogens is 1. The third kappa shape index (κ3) is 3.20. The number of hydroxylamine groups is 1. The van der Waals surface area contributed by atoms with Crippen molar-refractivity contribution < 1.29 is 22.8 Å². The van der Waals surface area contributed by atoms with Gasteiger partial charge in [0.05, 0.1) is 22.6 Å². The van der Waals surface area contributed by atoms with Crippen LogP contribution in [0.5, 0.6) is 0 Å². The third-order valence-electron chi connectivity index (χ3n) is 3.53. The van der Waals surface area contributed by atoms with Crippen molar-refractivity contribution in [1.29, 1.82) is 5.41 Å². The van der Waals surface area contributed by atoms with Gasteiger partial charge >= 0.3 is 6.18 Å². The summed E-state index contributed by atoms with van der Waals surface area (Å²) in [5.41, 5.74) is -1.34. The number of halogens is 5. The first-order valence-corrected chi connectivity index (χ1v) is 7.60. The van der Waals surface area contributed by atoms with E-state index < -0.39 is 29.1 Å². The Bertz CT molecular complexity index is 988. The van der Waals surface area contributed by atoms with E-state index in [2.05, 4.69) is 15.0 Å². The van der Waals surface area contributed by atoms with Crippen molar-refractivity contribution in [2.24, 2.45) is 0 Å². The van der Waals surface area contributed by atoms with Gasteiger partial charge in [-0.15, -0.1) is 11.6 Å². The molecule has 6 nitrogen and oxygen atoms in total. The minimum Gasteiger partial charge on any atom is -0.339 e. The molecule has 0 spiro atoms. The van der Waals surface area contributed by atoms with E-state index in [9.17, 15) is 22.8 Å². The van der Waals surface area contributed by atoms with Crippen molar-refractivity contribution >= 4 is 34.3 Å². The number of rotatable bonds is 3. The van der Waals surface area contributed by atoms with E-state index in [0.29, 0.717) is 18.0 Å². The van der Waals surface area contributed by atoms with E-state index in [1.54, 1.807) is 0 Å². The highest BCUT2D eigenvalue weighted by atomic mass is 35.5. The number of amidine groups is 1. The summed E-state index contributed by atoms with van der Waals surface area (Å²) in [4.78, 5) is 10.9. The Labute approximate surface area is 148 Å². The minimum atomic E-state index is -4.94. The highest BCUT2D eigenvalue weighted by Crippen LogP contribution is 2.34. The number of aromatic amines is 1. The van der Waals surface area contributed by atoms with Crippen LogP contribution in [0.3, 0.4) is 0 Å².